The molecule has 68 valence electrons. The Morgan fingerprint density at radius 1 is 1.23 bits per heavy atom. The number of hydrogen-bond donors (Lipinski definition) is 2. The van der Waals surface area contributed by atoms with E-state index in [4.69, 9.17) is 0 Å². The van der Waals surface area contributed by atoms with Crippen molar-refractivity contribution in [1.29, 1.82) is 0 Å². The monoisotopic (exact) mass is 174 g/mol. The van der Waals surface area contributed by atoms with Crippen LogP contribution in [0.5, 0.6) is 0 Å². The fourth-order valence-corrected chi connectivity index (χ4v) is 1.49. The van der Waals surface area contributed by atoms with Crippen LogP contribution in [-0.2, 0) is 0 Å². The van der Waals surface area contributed by atoms with Gasteiger partial charge in [0.15, 0.2) is 0 Å². The highest BCUT2D eigenvalue weighted by Crippen LogP contribution is 2.12. The molecule has 0 saturated heterocycles. The van der Waals surface area contributed by atoms with Crippen LogP contribution in [0.4, 0.5) is 0 Å². The minimum absolute atomic E-state index is 0.455. The van der Waals surface area contributed by atoms with Crippen LogP contribution in [0.3, 0.4) is 0 Å². The molecule has 1 aromatic rings. The zero-order chi connectivity index (χ0) is 9.10. The lowest BCUT2D eigenvalue weighted by Crippen LogP contribution is -2.38. The van der Waals surface area contributed by atoms with Crippen molar-refractivity contribution in [3.8, 4) is 0 Å². The van der Waals surface area contributed by atoms with E-state index in [1.165, 1.54) is 11.3 Å². The van der Waals surface area contributed by atoms with Gasteiger partial charge in [-0.2, -0.15) is 0 Å². The molecule has 0 bridgehead atoms. The van der Waals surface area contributed by atoms with Crippen LogP contribution < -0.4 is 10.6 Å². The van der Waals surface area contributed by atoms with Gasteiger partial charge in [-0.15, -0.1) is 0 Å². The molecule has 0 fully saturated rings. The van der Waals surface area contributed by atoms with E-state index in [1.54, 1.807) is 0 Å². The molecule has 1 aliphatic rings. The normalized spacial score (nSPS) is 21.9. The molecule has 0 aliphatic carbocycles. The molecule has 2 heteroatoms. The zero-order valence-corrected chi connectivity index (χ0v) is 7.75. The lowest BCUT2D eigenvalue weighted by atomic mass is 10.1. The highest BCUT2D eigenvalue weighted by atomic mass is 15.1. The van der Waals surface area contributed by atoms with Crippen LogP contribution in [0.1, 0.15) is 12.5 Å². The van der Waals surface area contributed by atoms with Gasteiger partial charge in [-0.05, 0) is 18.6 Å². The van der Waals surface area contributed by atoms with Gasteiger partial charge in [-0.25, -0.2) is 0 Å². The van der Waals surface area contributed by atoms with Crippen LogP contribution in [0.2, 0.25) is 0 Å². The van der Waals surface area contributed by atoms with Crippen molar-refractivity contribution < 1.29 is 0 Å². The molecule has 0 spiro atoms. The smallest absolute Gasteiger partial charge is 0.0657 e. The molecule has 2 rings (SSSR count). The van der Waals surface area contributed by atoms with E-state index >= 15 is 0 Å². The summed E-state index contributed by atoms with van der Waals surface area (Å²) in [7, 11) is 0. The predicted molar refractivity (Wildman–Crippen MR) is 55.0 cm³/mol. The first kappa shape index (κ1) is 8.32. The quantitative estimate of drug-likeness (QED) is 0.675. The van der Waals surface area contributed by atoms with E-state index in [9.17, 15) is 0 Å². The second-order valence-corrected chi connectivity index (χ2v) is 3.29. The van der Waals surface area contributed by atoms with Crippen molar-refractivity contribution in [2.45, 2.75) is 13.0 Å². The standard InChI is InChI=1S/C11H14N2/c1-9-7-11(13-8-12-9)10-5-3-2-4-6-10/h2-7,9,12-13H,8H2,1H3. The number of benzene rings is 1. The Morgan fingerprint density at radius 3 is 2.69 bits per heavy atom. The fraction of sp³-hybridized carbons (Fsp3) is 0.273. The molecule has 1 aliphatic heterocycles. The van der Waals surface area contributed by atoms with Gasteiger partial charge in [0.05, 0.1) is 6.67 Å². The first-order valence-corrected chi connectivity index (χ1v) is 4.61. The third-order valence-corrected chi connectivity index (χ3v) is 2.20. The molecule has 0 amide bonds. The Morgan fingerprint density at radius 2 is 2.00 bits per heavy atom. The van der Waals surface area contributed by atoms with Crippen molar-refractivity contribution in [3.63, 3.8) is 0 Å². The number of rotatable bonds is 1. The molecule has 2 N–H and O–H groups in total. The van der Waals surface area contributed by atoms with Crippen molar-refractivity contribution in [2.24, 2.45) is 0 Å². The summed E-state index contributed by atoms with van der Waals surface area (Å²) in [5, 5.41) is 6.61. The van der Waals surface area contributed by atoms with Gasteiger partial charge in [-0.1, -0.05) is 30.3 Å². The molecule has 0 saturated carbocycles. The van der Waals surface area contributed by atoms with Gasteiger partial charge < -0.3 is 5.32 Å². The first-order valence-electron chi connectivity index (χ1n) is 4.61. The number of nitrogens with one attached hydrogen (secondary N) is 2. The van der Waals surface area contributed by atoms with Crippen molar-refractivity contribution in [2.75, 3.05) is 6.67 Å². The van der Waals surface area contributed by atoms with Gasteiger partial charge in [0.2, 0.25) is 0 Å². The molecular formula is C11H14N2. The molecule has 2 nitrogen and oxygen atoms in total. The summed E-state index contributed by atoms with van der Waals surface area (Å²) in [6.07, 6.45) is 2.21. The topological polar surface area (TPSA) is 24.1 Å². The molecule has 0 aromatic heterocycles. The maximum atomic E-state index is 3.32. The Balaban J connectivity index is 2.26. The third kappa shape index (κ3) is 1.90. The van der Waals surface area contributed by atoms with E-state index in [1.807, 2.05) is 6.07 Å². The van der Waals surface area contributed by atoms with E-state index in [2.05, 4.69) is 47.9 Å². The summed E-state index contributed by atoms with van der Waals surface area (Å²) in [6.45, 7) is 3.01. The zero-order valence-electron chi connectivity index (χ0n) is 7.75. The summed E-state index contributed by atoms with van der Waals surface area (Å²) < 4.78 is 0. The minimum Gasteiger partial charge on any atom is -0.372 e. The molecule has 13 heavy (non-hydrogen) atoms. The molecule has 1 unspecified atom stereocenters. The molecule has 1 atom stereocenters. The maximum Gasteiger partial charge on any atom is 0.0657 e. The average Bonchev–Trinajstić information content (AvgIpc) is 2.19. The second kappa shape index (κ2) is 3.62. The Hall–Kier alpha value is -1.28. The van der Waals surface area contributed by atoms with Gasteiger partial charge >= 0.3 is 0 Å². The summed E-state index contributed by atoms with van der Waals surface area (Å²) in [6, 6.07) is 10.9. The van der Waals surface area contributed by atoms with E-state index in [-0.39, 0.29) is 0 Å². The van der Waals surface area contributed by atoms with Gasteiger partial charge in [0.25, 0.3) is 0 Å². The molecule has 1 aromatic carbocycles. The van der Waals surface area contributed by atoms with Crippen LogP contribution >= 0.6 is 0 Å². The Labute approximate surface area is 78.7 Å². The van der Waals surface area contributed by atoms with Crippen LogP contribution in [0, 0.1) is 0 Å². The number of hydrogen-bond acceptors (Lipinski definition) is 2. The fourth-order valence-electron chi connectivity index (χ4n) is 1.49. The van der Waals surface area contributed by atoms with E-state index in [0.717, 1.165) is 6.67 Å². The molecular weight excluding hydrogens is 160 g/mol. The highest BCUT2D eigenvalue weighted by molar-refractivity contribution is 5.64. The summed E-state index contributed by atoms with van der Waals surface area (Å²) >= 11 is 0. The summed E-state index contributed by atoms with van der Waals surface area (Å²) in [4.78, 5) is 0. The lowest BCUT2D eigenvalue weighted by molar-refractivity contribution is 0.585. The van der Waals surface area contributed by atoms with E-state index < -0.39 is 0 Å². The summed E-state index contributed by atoms with van der Waals surface area (Å²) in [5.41, 5.74) is 2.49. The minimum atomic E-state index is 0.455. The van der Waals surface area contributed by atoms with Gasteiger partial charge in [-0.3, -0.25) is 5.32 Å². The summed E-state index contributed by atoms with van der Waals surface area (Å²) in [5.74, 6) is 0. The van der Waals surface area contributed by atoms with Crippen LogP contribution in [-0.4, -0.2) is 12.7 Å². The molecule has 1 heterocycles. The molecule has 0 radical (unpaired) electrons. The van der Waals surface area contributed by atoms with Crippen LogP contribution in [0.25, 0.3) is 5.70 Å². The van der Waals surface area contributed by atoms with Gasteiger partial charge in [0.1, 0.15) is 0 Å². The largest absolute Gasteiger partial charge is 0.372 e. The average molecular weight is 174 g/mol. The third-order valence-electron chi connectivity index (χ3n) is 2.20. The van der Waals surface area contributed by atoms with Crippen molar-refractivity contribution in [3.05, 3.63) is 42.0 Å². The first-order chi connectivity index (χ1) is 6.36. The highest BCUT2D eigenvalue weighted by Gasteiger charge is 2.07. The maximum absolute atomic E-state index is 3.32. The van der Waals surface area contributed by atoms with Crippen molar-refractivity contribution in [1.82, 2.24) is 10.6 Å². The van der Waals surface area contributed by atoms with Crippen molar-refractivity contribution >= 4 is 5.70 Å². The Bertz CT molecular complexity index is 303. The second-order valence-electron chi connectivity index (χ2n) is 3.29. The Kier molecular flexibility index (Phi) is 2.32. The lowest BCUT2D eigenvalue weighted by Gasteiger charge is -2.21. The predicted octanol–water partition coefficient (Wildman–Crippen LogP) is 1.57. The SMILES string of the molecule is CC1C=C(c2ccccc2)NCN1. The van der Waals surface area contributed by atoms with E-state index in [0.29, 0.717) is 6.04 Å². The van der Waals surface area contributed by atoms with Crippen LogP contribution in [0.15, 0.2) is 36.4 Å². The van der Waals surface area contributed by atoms with Gasteiger partial charge in [0, 0.05) is 11.7 Å².